The van der Waals surface area contributed by atoms with E-state index < -0.39 is 5.82 Å². The van der Waals surface area contributed by atoms with Crippen molar-refractivity contribution < 1.29 is 14.3 Å². The number of phenolic OH excluding ortho intramolecular Hbond substituents is 1. The number of amides is 1. The molecule has 1 atom stereocenters. The van der Waals surface area contributed by atoms with Crippen LogP contribution in [-0.2, 0) is 0 Å². The van der Waals surface area contributed by atoms with E-state index in [1.807, 2.05) is 11.8 Å². The van der Waals surface area contributed by atoms with Crippen LogP contribution in [0.3, 0.4) is 0 Å². The summed E-state index contributed by atoms with van der Waals surface area (Å²) in [4.78, 5) is 13.8. The van der Waals surface area contributed by atoms with Crippen LogP contribution in [0.5, 0.6) is 5.75 Å². The molecule has 2 rings (SSSR count). The zero-order valence-corrected chi connectivity index (χ0v) is 10.3. The van der Waals surface area contributed by atoms with Gasteiger partial charge in [0.05, 0.1) is 5.56 Å². The average Bonchev–Trinajstić information content (AvgIpc) is 2.31. The fourth-order valence-electron chi connectivity index (χ4n) is 1.85. The Bertz CT molecular complexity index is 439. The highest BCUT2D eigenvalue weighted by Gasteiger charge is 2.24. The Morgan fingerprint density at radius 1 is 1.59 bits per heavy atom. The number of halogens is 1. The lowest BCUT2D eigenvalue weighted by Crippen LogP contribution is -2.41. The van der Waals surface area contributed by atoms with Crippen molar-refractivity contribution in [3.8, 4) is 5.75 Å². The zero-order valence-electron chi connectivity index (χ0n) is 9.52. The van der Waals surface area contributed by atoms with Gasteiger partial charge >= 0.3 is 0 Å². The van der Waals surface area contributed by atoms with Crippen molar-refractivity contribution in [2.45, 2.75) is 12.2 Å². The molecule has 1 aromatic rings. The summed E-state index contributed by atoms with van der Waals surface area (Å²) in [5.74, 6) is -0.0924. The number of benzene rings is 1. The number of carbonyl (C=O) groups excluding carboxylic acids is 1. The molecule has 1 saturated heterocycles. The molecule has 1 unspecified atom stereocenters. The van der Waals surface area contributed by atoms with E-state index in [1.165, 1.54) is 6.07 Å². The van der Waals surface area contributed by atoms with Crippen molar-refractivity contribution in [3.63, 3.8) is 0 Å². The first-order chi connectivity index (χ1) is 8.08. The van der Waals surface area contributed by atoms with Crippen molar-refractivity contribution in [2.24, 2.45) is 0 Å². The first kappa shape index (κ1) is 12.2. The number of carbonyl (C=O) groups is 1. The number of aromatic hydroxyl groups is 1. The second-order valence-electron chi connectivity index (χ2n) is 4.09. The first-order valence-corrected chi connectivity index (χ1v) is 6.52. The maximum Gasteiger partial charge on any atom is 0.257 e. The van der Waals surface area contributed by atoms with E-state index in [4.69, 9.17) is 0 Å². The molecular formula is C12H14FNO2S. The molecule has 1 N–H and O–H groups in total. The van der Waals surface area contributed by atoms with Crippen LogP contribution < -0.4 is 0 Å². The topological polar surface area (TPSA) is 40.5 Å². The van der Waals surface area contributed by atoms with Gasteiger partial charge in [0.25, 0.3) is 5.91 Å². The Labute approximate surface area is 104 Å². The summed E-state index contributed by atoms with van der Waals surface area (Å²) in [6.45, 7) is 3.33. The zero-order chi connectivity index (χ0) is 12.4. The summed E-state index contributed by atoms with van der Waals surface area (Å²) < 4.78 is 13.1. The molecule has 0 aliphatic carbocycles. The number of phenols is 1. The van der Waals surface area contributed by atoms with E-state index in [2.05, 4.69) is 6.92 Å². The van der Waals surface area contributed by atoms with Gasteiger partial charge in [-0.05, 0) is 18.2 Å². The normalized spacial score (nSPS) is 20.4. The molecule has 1 fully saturated rings. The molecular weight excluding hydrogens is 241 g/mol. The highest BCUT2D eigenvalue weighted by Crippen LogP contribution is 2.23. The van der Waals surface area contributed by atoms with E-state index >= 15 is 0 Å². The lowest BCUT2D eigenvalue weighted by Gasteiger charge is -2.30. The summed E-state index contributed by atoms with van der Waals surface area (Å²) >= 11 is 1.81. The number of rotatable bonds is 1. The second kappa shape index (κ2) is 4.96. The number of hydrogen-bond donors (Lipinski definition) is 1. The number of nitrogens with zero attached hydrogens (tertiary/aromatic N) is 1. The Morgan fingerprint density at radius 3 is 3.06 bits per heavy atom. The van der Waals surface area contributed by atoms with Crippen LogP contribution in [0.1, 0.15) is 17.3 Å². The molecule has 92 valence electrons. The van der Waals surface area contributed by atoms with Gasteiger partial charge in [0.15, 0.2) is 0 Å². The fraction of sp³-hybridized carbons (Fsp3) is 0.417. The lowest BCUT2D eigenvalue weighted by atomic mass is 10.1. The molecule has 5 heteroatoms. The van der Waals surface area contributed by atoms with E-state index in [1.54, 1.807) is 4.90 Å². The molecule has 1 aliphatic heterocycles. The third kappa shape index (κ3) is 2.72. The molecule has 0 bridgehead atoms. The molecule has 0 aromatic heterocycles. The van der Waals surface area contributed by atoms with Crippen LogP contribution in [0.2, 0.25) is 0 Å². The predicted octanol–water partition coefficient (Wildman–Crippen LogP) is 2.11. The van der Waals surface area contributed by atoms with Gasteiger partial charge in [-0.3, -0.25) is 4.79 Å². The maximum absolute atomic E-state index is 13.1. The standard InChI is InChI=1S/C12H14FNO2S/c1-8-7-14(4-5-17-8)12(16)10-6-9(13)2-3-11(10)15/h2-3,6,8,15H,4-5,7H2,1H3. The molecule has 0 saturated carbocycles. The molecule has 1 amide bonds. The second-order valence-corrected chi connectivity index (χ2v) is 5.64. The minimum Gasteiger partial charge on any atom is -0.507 e. The van der Waals surface area contributed by atoms with Gasteiger partial charge in [0, 0.05) is 24.1 Å². The van der Waals surface area contributed by atoms with Crippen LogP contribution in [0.25, 0.3) is 0 Å². The van der Waals surface area contributed by atoms with Gasteiger partial charge in [-0.25, -0.2) is 4.39 Å². The van der Waals surface area contributed by atoms with Crippen molar-refractivity contribution in [3.05, 3.63) is 29.6 Å². The maximum atomic E-state index is 13.1. The largest absolute Gasteiger partial charge is 0.507 e. The molecule has 17 heavy (non-hydrogen) atoms. The Morgan fingerprint density at radius 2 is 2.35 bits per heavy atom. The molecule has 0 radical (unpaired) electrons. The van der Waals surface area contributed by atoms with Crippen molar-refractivity contribution in [1.29, 1.82) is 0 Å². The quantitative estimate of drug-likeness (QED) is 0.835. The minimum atomic E-state index is -0.509. The lowest BCUT2D eigenvalue weighted by molar-refractivity contribution is 0.0759. The Hall–Kier alpha value is -1.23. The van der Waals surface area contributed by atoms with Crippen LogP contribution in [0.4, 0.5) is 4.39 Å². The predicted molar refractivity (Wildman–Crippen MR) is 65.9 cm³/mol. The van der Waals surface area contributed by atoms with Crippen LogP contribution in [-0.4, -0.2) is 40.0 Å². The summed E-state index contributed by atoms with van der Waals surface area (Å²) in [5, 5.41) is 9.96. The van der Waals surface area contributed by atoms with Gasteiger partial charge in [0.2, 0.25) is 0 Å². The van der Waals surface area contributed by atoms with Crippen molar-refractivity contribution >= 4 is 17.7 Å². The third-order valence-corrected chi connectivity index (χ3v) is 3.85. The van der Waals surface area contributed by atoms with E-state index in [9.17, 15) is 14.3 Å². The Balaban J connectivity index is 2.21. The first-order valence-electron chi connectivity index (χ1n) is 5.47. The highest BCUT2D eigenvalue weighted by atomic mass is 32.2. The summed E-state index contributed by atoms with van der Waals surface area (Å²) in [6.07, 6.45) is 0. The van der Waals surface area contributed by atoms with Gasteiger partial charge < -0.3 is 10.0 Å². The Kier molecular flexibility index (Phi) is 3.57. The van der Waals surface area contributed by atoms with Gasteiger partial charge in [-0.2, -0.15) is 11.8 Å². The average molecular weight is 255 g/mol. The van der Waals surface area contributed by atoms with Gasteiger partial charge in [0.1, 0.15) is 11.6 Å². The molecule has 1 heterocycles. The third-order valence-electron chi connectivity index (χ3n) is 2.72. The highest BCUT2D eigenvalue weighted by molar-refractivity contribution is 7.99. The van der Waals surface area contributed by atoms with Gasteiger partial charge in [-0.1, -0.05) is 6.92 Å². The molecule has 3 nitrogen and oxygen atoms in total. The molecule has 1 aliphatic rings. The van der Waals surface area contributed by atoms with Crippen LogP contribution >= 0.6 is 11.8 Å². The number of hydrogen-bond acceptors (Lipinski definition) is 3. The van der Waals surface area contributed by atoms with E-state index in [0.717, 1.165) is 17.9 Å². The van der Waals surface area contributed by atoms with Crippen molar-refractivity contribution in [1.82, 2.24) is 4.90 Å². The van der Waals surface area contributed by atoms with Crippen molar-refractivity contribution in [2.75, 3.05) is 18.8 Å². The monoisotopic (exact) mass is 255 g/mol. The fourth-order valence-corrected chi connectivity index (χ4v) is 2.87. The smallest absolute Gasteiger partial charge is 0.257 e. The summed E-state index contributed by atoms with van der Waals surface area (Å²) in [5.41, 5.74) is 0.0455. The van der Waals surface area contributed by atoms with E-state index in [-0.39, 0.29) is 17.2 Å². The van der Waals surface area contributed by atoms with Crippen LogP contribution in [0.15, 0.2) is 18.2 Å². The van der Waals surface area contributed by atoms with Gasteiger partial charge in [-0.15, -0.1) is 0 Å². The minimum absolute atomic E-state index is 0.0455. The molecule has 1 aromatic carbocycles. The van der Waals surface area contributed by atoms with Crippen LogP contribution in [0, 0.1) is 5.82 Å². The SMILES string of the molecule is CC1CN(C(=O)c2cc(F)ccc2O)CCS1. The summed E-state index contributed by atoms with van der Waals surface area (Å²) in [7, 11) is 0. The van der Waals surface area contributed by atoms with E-state index in [0.29, 0.717) is 18.3 Å². The number of thioether (sulfide) groups is 1. The molecule has 0 spiro atoms. The summed E-state index contributed by atoms with van der Waals surface area (Å²) in [6, 6.07) is 3.44.